The first-order chi connectivity index (χ1) is 8.65. The SMILES string of the molecule is O=C(O/N=C\c1ccc(Br)cc1)c1ccc(Br)o1. The summed E-state index contributed by atoms with van der Waals surface area (Å²) in [5, 5.41) is 3.59. The lowest BCUT2D eigenvalue weighted by atomic mass is 10.2. The van der Waals surface area contributed by atoms with Crippen LogP contribution >= 0.6 is 31.9 Å². The highest BCUT2D eigenvalue weighted by atomic mass is 79.9. The Morgan fingerprint density at radius 1 is 1.17 bits per heavy atom. The van der Waals surface area contributed by atoms with Gasteiger partial charge in [-0.2, -0.15) is 0 Å². The topological polar surface area (TPSA) is 51.8 Å². The van der Waals surface area contributed by atoms with Crippen molar-refractivity contribution >= 4 is 44.0 Å². The quantitative estimate of drug-likeness (QED) is 0.465. The molecular formula is C12H7Br2NO3. The van der Waals surface area contributed by atoms with E-state index in [-0.39, 0.29) is 5.76 Å². The second kappa shape index (κ2) is 5.97. The van der Waals surface area contributed by atoms with Gasteiger partial charge in [-0.25, -0.2) is 4.79 Å². The fraction of sp³-hybridized carbons (Fsp3) is 0. The second-order valence-corrected chi connectivity index (χ2v) is 4.97. The molecule has 0 bridgehead atoms. The molecule has 0 N–H and O–H groups in total. The maximum Gasteiger partial charge on any atom is 0.400 e. The summed E-state index contributed by atoms with van der Waals surface area (Å²) in [4.78, 5) is 16.1. The van der Waals surface area contributed by atoms with Crippen LogP contribution in [0.3, 0.4) is 0 Å². The molecule has 1 aromatic heterocycles. The lowest BCUT2D eigenvalue weighted by Gasteiger charge is -1.94. The summed E-state index contributed by atoms with van der Waals surface area (Å²) in [5.41, 5.74) is 0.826. The van der Waals surface area contributed by atoms with Gasteiger partial charge < -0.3 is 9.25 Å². The van der Waals surface area contributed by atoms with Gasteiger partial charge in [0.05, 0.1) is 6.21 Å². The molecule has 2 aromatic rings. The van der Waals surface area contributed by atoms with E-state index in [1.807, 2.05) is 24.3 Å². The Balaban J connectivity index is 1.95. The van der Waals surface area contributed by atoms with Gasteiger partial charge in [-0.1, -0.05) is 33.2 Å². The molecule has 1 aromatic carbocycles. The third-order valence-corrected chi connectivity index (χ3v) is 2.94. The van der Waals surface area contributed by atoms with Gasteiger partial charge in [0.2, 0.25) is 5.76 Å². The van der Waals surface area contributed by atoms with Crippen LogP contribution in [0.4, 0.5) is 0 Å². The Morgan fingerprint density at radius 3 is 2.50 bits per heavy atom. The molecule has 18 heavy (non-hydrogen) atoms. The zero-order valence-electron chi connectivity index (χ0n) is 8.97. The van der Waals surface area contributed by atoms with E-state index in [4.69, 9.17) is 4.42 Å². The van der Waals surface area contributed by atoms with E-state index in [1.54, 1.807) is 6.07 Å². The number of oxime groups is 1. The van der Waals surface area contributed by atoms with Crippen molar-refractivity contribution < 1.29 is 14.0 Å². The van der Waals surface area contributed by atoms with Crippen molar-refractivity contribution in [2.75, 3.05) is 0 Å². The molecule has 0 spiro atoms. The number of hydrogen-bond acceptors (Lipinski definition) is 4. The zero-order chi connectivity index (χ0) is 13.0. The lowest BCUT2D eigenvalue weighted by Crippen LogP contribution is -1.98. The summed E-state index contributed by atoms with van der Waals surface area (Å²) in [7, 11) is 0. The fourth-order valence-corrected chi connectivity index (χ4v) is 1.72. The summed E-state index contributed by atoms with van der Waals surface area (Å²) in [6, 6.07) is 10.5. The molecule has 0 saturated carbocycles. The largest absolute Gasteiger partial charge is 0.442 e. The molecule has 0 fully saturated rings. The van der Waals surface area contributed by atoms with Gasteiger partial charge in [0.15, 0.2) is 4.67 Å². The Bertz CT molecular complexity index is 575. The first-order valence-corrected chi connectivity index (χ1v) is 6.49. The van der Waals surface area contributed by atoms with E-state index >= 15 is 0 Å². The number of rotatable bonds is 3. The molecule has 0 aliphatic carbocycles. The van der Waals surface area contributed by atoms with Crippen LogP contribution in [0.2, 0.25) is 0 Å². The van der Waals surface area contributed by atoms with Crippen molar-refractivity contribution in [3.05, 3.63) is 56.9 Å². The van der Waals surface area contributed by atoms with Crippen molar-refractivity contribution in [3.8, 4) is 0 Å². The van der Waals surface area contributed by atoms with Gasteiger partial charge in [0.1, 0.15) is 0 Å². The van der Waals surface area contributed by atoms with Crippen molar-refractivity contribution in [1.82, 2.24) is 0 Å². The Hall–Kier alpha value is -1.40. The molecule has 4 nitrogen and oxygen atoms in total. The number of benzene rings is 1. The third-order valence-electron chi connectivity index (χ3n) is 1.98. The van der Waals surface area contributed by atoms with Crippen LogP contribution in [-0.2, 0) is 4.84 Å². The van der Waals surface area contributed by atoms with E-state index in [0.29, 0.717) is 4.67 Å². The van der Waals surface area contributed by atoms with Crippen molar-refractivity contribution in [2.45, 2.75) is 0 Å². The van der Waals surface area contributed by atoms with Gasteiger partial charge in [-0.3, -0.25) is 0 Å². The molecule has 0 aliphatic rings. The Labute approximate surface area is 120 Å². The van der Waals surface area contributed by atoms with Crippen molar-refractivity contribution in [1.29, 1.82) is 0 Å². The highest BCUT2D eigenvalue weighted by Crippen LogP contribution is 2.15. The Kier molecular flexibility index (Phi) is 4.33. The minimum Gasteiger partial charge on any atom is -0.442 e. The van der Waals surface area contributed by atoms with Crippen molar-refractivity contribution in [2.24, 2.45) is 5.16 Å². The average molecular weight is 373 g/mol. The number of hydrogen-bond donors (Lipinski definition) is 0. The summed E-state index contributed by atoms with van der Waals surface area (Å²) in [6.45, 7) is 0. The molecular weight excluding hydrogens is 366 g/mol. The van der Waals surface area contributed by atoms with Gasteiger partial charge in [-0.15, -0.1) is 0 Å². The number of nitrogens with zero attached hydrogens (tertiary/aromatic N) is 1. The fourth-order valence-electron chi connectivity index (χ4n) is 1.15. The van der Waals surface area contributed by atoms with E-state index in [9.17, 15) is 4.79 Å². The van der Waals surface area contributed by atoms with E-state index < -0.39 is 5.97 Å². The van der Waals surface area contributed by atoms with Crippen LogP contribution in [0.25, 0.3) is 0 Å². The third kappa shape index (κ3) is 3.54. The lowest BCUT2D eigenvalue weighted by molar-refractivity contribution is 0.0481. The van der Waals surface area contributed by atoms with Crippen LogP contribution in [0.1, 0.15) is 16.1 Å². The summed E-state index contributed by atoms with van der Waals surface area (Å²) < 4.78 is 6.46. The van der Waals surface area contributed by atoms with Crippen LogP contribution in [0.15, 0.2) is 55.1 Å². The van der Waals surface area contributed by atoms with Gasteiger partial charge in [-0.05, 0) is 45.8 Å². The molecule has 6 heteroatoms. The van der Waals surface area contributed by atoms with Crippen LogP contribution in [0, 0.1) is 0 Å². The number of furan rings is 1. The summed E-state index contributed by atoms with van der Waals surface area (Å²) in [5.74, 6) is -0.552. The maximum absolute atomic E-state index is 11.4. The van der Waals surface area contributed by atoms with Crippen molar-refractivity contribution in [3.63, 3.8) is 0 Å². The monoisotopic (exact) mass is 371 g/mol. The van der Waals surface area contributed by atoms with Crippen LogP contribution in [-0.4, -0.2) is 12.2 Å². The minimum atomic E-state index is -0.644. The van der Waals surface area contributed by atoms with E-state index in [2.05, 4.69) is 41.9 Å². The normalized spacial score (nSPS) is 10.8. The van der Waals surface area contributed by atoms with E-state index in [0.717, 1.165) is 10.0 Å². The summed E-state index contributed by atoms with van der Waals surface area (Å²) in [6.07, 6.45) is 1.45. The minimum absolute atomic E-state index is 0.0924. The highest BCUT2D eigenvalue weighted by Gasteiger charge is 2.11. The maximum atomic E-state index is 11.4. The first kappa shape index (κ1) is 13.0. The Morgan fingerprint density at radius 2 is 1.89 bits per heavy atom. The molecule has 0 atom stereocenters. The summed E-state index contributed by atoms with van der Waals surface area (Å²) >= 11 is 6.42. The number of halogens is 2. The van der Waals surface area contributed by atoms with Gasteiger partial charge in [0, 0.05) is 4.47 Å². The number of carbonyl (C=O) groups excluding carboxylic acids is 1. The molecule has 0 saturated heterocycles. The molecule has 0 amide bonds. The predicted octanol–water partition coefficient (Wildman–Crippen LogP) is 4.00. The second-order valence-electron chi connectivity index (χ2n) is 3.27. The smallest absolute Gasteiger partial charge is 0.400 e. The molecule has 0 radical (unpaired) electrons. The number of carbonyl (C=O) groups is 1. The molecule has 1 heterocycles. The molecule has 2 rings (SSSR count). The predicted molar refractivity (Wildman–Crippen MR) is 73.6 cm³/mol. The van der Waals surface area contributed by atoms with Crippen LogP contribution < -0.4 is 0 Å². The standard InChI is InChI=1S/C12H7Br2NO3/c13-9-3-1-8(2-4-9)7-15-18-12(16)10-5-6-11(14)17-10/h1-7H/b15-7-. The van der Waals surface area contributed by atoms with Gasteiger partial charge in [0.25, 0.3) is 0 Å². The zero-order valence-corrected chi connectivity index (χ0v) is 12.1. The molecule has 0 unspecified atom stereocenters. The molecule has 0 aliphatic heterocycles. The first-order valence-electron chi connectivity index (χ1n) is 4.91. The van der Waals surface area contributed by atoms with Crippen LogP contribution in [0.5, 0.6) is 0 Å². The van der Waals surface area contributed by atoms with Gasteiger partial charge >= 0.3 is 5.97 Å². The molecule has 92 valence electrons. The highest BCUT2D eigenvalue weighted by molar-refractivity contribution is 9.10. The average Bonchev–Trinajstić information content (AvgIpc) is 2.78. The van der Waals surface area contributed by atoms with E-state index in [1.165, 1.54) is 12.3 Å².